The summed E-state index contributed by atoms with van der Waals surface area (Å²) in [6.07, 6.45) is 5.96. The van der Waals surface area contributed by atoms with Gasteiger partial charge in [0, 0.05) is 13.2 Å². The summed E-state index contributed by atoms with van der Waals surface area (Å²) in [5.74, 6) is -0.213. The highest BCUT2D eigenvalue weighted by molar-refractivity contribution is 7.99. The number of aromatic nitrogens is 2. The Morgan fingerprint density at radius 2 is 2.14 bits per heavy atom. The van der Waals surface area contributed by atoms with Crippen molar-refractivity contribution in [1.82, 2.24) is 20.2 Å². The van der Waals surface area contributed by atoms with E-state index in [4.69, 9.17) is 4.74 Å². The minimum Gasteiger partial charge on any atom is -0.376 e. The molecule has 0 saturated carbocycles. The van der Waals surface area contributed by atoms with E-state index in [2.05, 4.69) is 20.2 Å². The number of nitrogens with one attached hydrogen (secondary N) is 2. The number of ether oxygens (including phenoxy) is 1. The minimum absolute atomic E-state index is 0.123. The smallest absolute Gasteiger partial charge is 0.321 e. The fourth-order valence-corrected chi connectivity index (χ4v) is 3.99. The van der Waals surface area contributed by atoms with Crippen molar-refractivity contribution in [3.8, 4) is 11.3 Å². The van der Waals surface area contributed by atoms with Crippen LogP contribution in [0.1, 0.15) is 32.6 Å². The number of hydrogen-bond donors (Lipinski definition) is 2. The third-order valence-corrected chi connectivity index (χ3v) is 5.69. The minimum atomic E-state index is -0.447. The van der Waals surface area contributed by atoms with E-state index in [0.29, 0.717) is 13.1 Å². The average molecular weight is 417 g/mol. The first-order chi connectivity index (χ1) is 14.2. The molecule has 1 atom stereocenters. The summed E-state index contributed by atoms with van der Waals surface area (Å²) in [5, 5.41) is 5.80. The van der Waals surface area contributed by atoms with Crippen molar-refractivity contribution in [2.75, 3.05) is 18.9 Å². The SMILES string of the molecule is CCCCNC(=O)NC(=O)CSc1ncc(-c2ccccc2)n1CC1CCCO1. The number of benzene rings is 1. The van der Waals surface area contributed by atoms with E-state index in [0.717, 1.165) is 48.7 Å². The second-order valence-electron chi connectivity index (χ2n) is 6.98. The van der Waals surface area contributed by atoms with Crippen LogP contribution in [0.25, 0.3) is 11.3 Å². The van der Waals surface area contributed by atoms with Gasteiger partial charge in [0.25, 0.3) is 0 Å². The van der Waals surface area contributed by atoms with E-state index < -0.39 is 6.03 Å². The molecule has 1 aliphatic rings. The Morgan fingerprint density at radius 1 is 1.31 bits per heavy atom. The van der Waals surface area contributed by atoms with Crippen LogP contribution in [-0.2, 0) is 16.1 Å². The lowest BCUT2D eigenvalue weighted by Crippen LogP contribution is -2.40. The van der Waals surface area contributed by atoms with Gasteiger partial charge in [0.2, 0.25) is 5.91 Å². The molecule has 1 unspecified atom stereocenters. The van der Waals surface area contributed by atoms with Gasteiger partial charge in [-0.15, -0.1) is 0 Å². The summed E-state index contributed by atoms with van der Waals surface area (Å²) < 4.78 is 7.92. The maximum atomic E-state index is 12.1. The molecule has 0 spiro atoms. The van der Waals surface area contributed by atoms with Crippen molar-refractivity contribution in [1.29, 1.82) is 0 Å². The van der Waals surface area contributed by atoms with E-state index in [1.807, 2.05) is 43.5 Å². The Bertz CT molecular complexity index is 804. The predicted molar refractivity (Wildman–Crippen MR) is 114 cm³/mol. The van der Waals surface area contributed by atoms with Gasteiger partial charge < -0.3 is 14.6 Å². The molecule has 7 nitrogen and oxygen atoms in total. The summed E-state index contributed by atoms with van der Waals surface area (Å²) in [6, 6.07) is 9.62. The van der Waals surface area contributed by atoms with Gasteiger partial charge in [-0.3, -0.25) is 10.1 Å². The molecule has 2 aromatic rings. The first-order valence-electron chi connectivity index (χ1n) is 10.1. The lowest BCUT2D eigenvalue weighted by atomic mass is 10.1. The van der Waals surface area contributed by atoms with Crippen LogP contribution in [0.5, 0.6) is 0 Å². The van der Waals surface area contributed by atoms with Crippen molar-refractivity contribution < 1.29 is 14.3 Å². The third-order valence-electron chi connectivity index (χ3n) is 4.70. The zero-order valence-electron chi connectivity index (χ0n) is 16.7. The lowest BCUT2D eigenvalue weighted by molar-refractivity contribution is -0.117. The third kappa shape index (κ3) is 6.33. The Balaban J connectivity index is 1.64. The number of imide groups is 1. The zero-order chi connectivity index (χ0) is 20.5. The van der Waals surface area contributed by atoms with Crippen molar-refractivity contribution in [3.05, 3.63) is 36.5 Å². The fraction of sp³-hybridized carbons (Fsp3) is 0.476. The average Bonchev–Trinajstić information content (AvgIpc) is 3.38. The van der Waals surface area contributed by atoms with Crippen molar-refractivity contribution in [2.45, 2.75) is 50.4 Å². The van der Waals surface area contributed by atoms with Gasteiger partial charge in [-0.2, -0.15) is 0 Å². The fourth-order valence-electron chi connectivity index (χ4n) is 3.20. The monoisotopic (exact) mass is 416 g/mol. The molecule has 29 heavy (non-hydrogen) atoms. The molecule has 1 aromatic carbocycles. The van der Waals surface area contributed by atoms with Crippen LogP contribution in [0.3, 0.4) is 0 Å². The number of imidazole rings is 1. The molecular weight excluding hydrogens is 388 g/mol. The lowest BCUT2D eigenvalue weighted by Gasteiger charge is -2.16. The summed E-state index contributed by atoms with van der Waals surface area (Å²) in [4.78, 5) is 28.4. The van der Waals surface area contributed by atoms with Gasteiger partial charge in [-0.25, -0.2) is 9.78 Å². The molecule has 0 radical (unpaired) electrons. The molecule has 1 aromatic heterocycles. The molecule has 1 saturated heterocycles. The van der Waals surface area contributed by atoms with E-state index in [1.165, 1.54) is 11.8 Å². The van der Waals surface area contributed by atoms with Crippen LogP contribution in [0.2, 0.25) is 0 Å². The predicted octanol–water partition coefficient (Wildman–Crippen LogP) is 3.45. The quantitative estimate of drug-likeness (QED) is 0.483. The van der Waals surface area contributed by atoms with Crippen LogP contribution >= 0.6 is 11.8 Å². The Labute approximate surface area is 175 Å². The molecule has 1 fully saturated rings. The largest absolute Gasteiger partial charge is 0.376 e. The zero-order valence-corrected chi connectivity index (χ0v) is 17.5. The summed E-state index contributed by atoms with van der Waals surface area (Å²) in [5.41, 5.74) is 2.07. The van der Waals surface area contributed by atoms with Crippen LogP contribution in [0.4, 0.5) is 4.79 Å². The van der Waals surface area contributed by atoms with Gasteiger partial charge in [0.05, 0.1) is 30.3 Å². The van der Waals surface area contributed by atoms with Gasteiger partial charge in [0.15, 0.2) is 5.16 Å². The number of carbonyl (C=O) groups excluding carboxylic acids is 2. The Kier molecular flexibility index (Phi) is 8.13. The van der Waals surface area contributed by atoms with Crippen LogP contribution in [0, 0.1) is 0 Å². The normalized spacial score (nSPS) is 16.0. The number of rotatable bonds is 9. The van der Waals surface area contributed by atoms with Crippen LogP contribution in [-0.4, -0.2) is 46.5 Å². The van der Waals surface area contributed by atoms with Crippen molar-refractivity contribution in [3.63, 3.8) is 0 Å². The van der Waals surface area contributed by atoms with E-state index >= 15 is 0 Å². The first-order valence-corrected chi connectivity index (χ1v) is 11.1. The number of hydrogen-bond acceptors (Lipinski definition) is 5. The van der Waals surface area contributed by atoms with Gasteiger partial charge >= 0.3 is 6.03 Å². The highest BCUT2D eigenvalue weighted by Crippen LogP contribution is 2.28. The molecule has 3 amide bonds. The van der Waals surface area contributed by atoms with Crippen molar-refractivity contribution in [2.24, 2.45) is 0 Å². The molecule has 3 rings (SSSR count). The highest BCUT2D eigenvalue weighted by Gasteiger charge is 2.21. The maximum absolute atomic E-state index is 12.1. The number of nitrogens with zero attached hydrogens (tertiary/aromatic N) is 2. The molecular formula is C21H28N4O3S. The summed E-state index contributed by atoms with van der Waals surface area (Å²) in [7, 11) is 0. The first kappa shape index (κ1) is 21.4. The number of unbranched alkanes of at least 4 members (excludes halogenated alkanes) is 1. The van der Waals surface area contributed by atoms with Crippen LogP contribution in [0.15, 0.2) is 41.7 Å². The molecule has 0 bridgehead atoms. The van der Waals surface area contributed by atoms with E-state index in [1.54, 1.807) is 0 Å². The molecule has 8 heteroatoms. The van der Waals surface area contributed by atoms with Gasteiger partial charge in [0.1, 0.15) is 0 Å². The summed E-state index contributed by atoms with van der Waals surface area (Å²) in [6.45, 7) is 4.10. The van der Waals surface area contributed by atoms with E-state index in [-0.39, 0.29) is 17.8 Å². The Morgan fingerprint density at radius 3 is 2.86 bits per heavy atom. The van der Waals surface area contributed by atoms with E-state index in [9.17, 15) is 9.59 Å². The van der Waals surface area contributed by atoms with Gasteiger partial charge in [-0.1, -0.05) is 55.4 Å². The Hall–Kier alpha value is -2.32. The number of carbonyl (C=O) groups is 2. The topological polar surface area (TPSA) is 85.3 Å². The highest BCUT2D eigenvalue weighted by atomic mass is 32.2. The molecule has 2 heterocycles. The van der Waals surface area contributed by atoms with Gasteiger partial charge in [-0.05, 0) is 24.8 Å². The second-order valence-corrected chi connectivity index (χ2v) is 7.93. The number of thioether (sulfide) groups is 1. The maximum Gasteiger partial charge on any atom is 0.321 e. The second kappa shape index (κ2) is 11.0. The van der Waals surface area contributed by atoms with Crippen molar-refractivity contribution >= 4 is 23.7 Å². The van der Waals surface area contributed by atoms with Crippen LogP contribution < -0.4 is 10.6 Å². The summed E-state index contributed by atoms with van der Waals surface area (Å²) >= 11 is 1.33. The molecule has 0 aliphatic carbocycles. The number of urea groups is 1. The molecule has 156 valence electrons. The number of amides is 3. The standard InChI is InChI=1S/C21H28N4O3S/c1-2-3-11-22-20(27)24-19(26)15-29-21-23-13-18(16-8-5-4-6-9-16)25(21)14-17-10-7-12-28-17/h4-6,8-9,13,17H,2-3,7,10-12,14-15H2,1H3,(H2,22,24,26,27). The molecule has 2 N–H and O–H groups in total. The molecule has 1 aliphatic heterocycles.